The van der Waals surface area contributed by atoms with Gasteiger partial charge in [-0.15, -0.1) is 24.7 Å². The molecule has 0 radical (unpaired) electrons. The van der Waals surface area contributed by atoms with Crippen LogP contribution in [0.5, 0.6) is 0 Å². The molecule has 5 heteroatoms. The first-order chi connectivity index (χ1) is 8.66. The van der Waals surface area contributed by atoms with E-state index in [4.69, 9.17) is 21.1 Å². The second-order valence-electron chi connectivity index (χ2n) is 6.10. The summed E-state index contributed by atoms with van der Waals surface area (Å²) in [5.74, 6) is 5.50. The summed E-state index contributed by atoms with van der Waals surface area (Å²) < 4.78 is 13.1. The normalized spacial score (nSPS) is 12.8. The lowest BCUT2D eigenvalue weighted by atomic mass is 10.8. The van der Waals surface area contributed by atoms with Gasteiger partial charge in [0.2, 0.25) is 0 Å². The second kappa shape index (κ2) is 7.47. The molecule has 0 rings (SSSR count). The van der Waals surface area contributed by atoms with Crippen molar-refractivity contribution in [3.8, 4) is 24.7 Å². The van der Waals surface area contributed by atoms with Crippen LogP contribution in [0.3, 0.4) is 0 Å². The Balaban J connectivity index is 5.07. The standard InChI is InChI=1S/C14H28O2Si3/c1-9-13-17(5,6)15-19(11-3,12-4)16-18(7,8)14-10-2/h1-2H,11-14H2,3-8H3. The molecule has 2 nitrogen and oxygen atoms in total. The van der Waals surface area contributed by atoms with Crippen LogP contribution in [0.2, 0.25) is 50.4 Å². The minimum absolute atomic E-state index is 0.738. The number of terminal acetylenes is 2. The van der Waals surface area contributed by atoms with E-state index in [1.807, 2.05) is 0 Å². The Bertz CT molecular complexity index is 328. The molecule has 0 aromatic carbocycles. The van der Waals surface area contributed by atoms with Crippen LogP contribution >= 0.6 is 0 Å². The van der Waals surface area contributed by atoms with E-state index in [1.165, 1.54) is 0 Å². The highest BCUT2D eigenvalue weighted by atomic mass is 28.5. The Kier molecular flexibility index (Phi) is 7.35. The van der Waals surface area contributed by atoms with E-state index in [2.05, 4.69) is 51.9 Å². The molecule has 0 heterocycles. The van der Waals surface area contributed by atoms with Gasteiger partial charge >= 0.3 is 8.56 Å². The Morgan fingerprint density at radius 3 is 1.32 bits per heavy atom. The Hall–Kier alpha value is -0.309. The van der Waals surface area contributed by atoms with Gasteiger partial charge in [0.05, 0.1) is 0 Å². The van der Waals surface area contributed by atoms with Crippen LogP contribution in [0, 0.1) is 24.7 Å². The summed E-state index contributed by atoms with van der Waals surface area (Å²) in [6.07, 6.45) is 10.9. The van der Waals surface area contributed by atoms with Gasteiger partial charge in [-0.3, -0.25) is 0 Å². The van der Waals surface area contributed by atoms with Crippen molar-refractivity contribution < 1.29 is 8.23 Å². The molecule has 0 aromatic heterocycles. The molecule has 0 saturated heterocycles. The average Bonchev–Trinajstić information content (AvgIpc) is 2.27. The van der Waals surface area contributed by atoms with Crippen molar-refractivity contribution in [2.45, 2.75) is 64.2 Å². The summed E-state index contributed by atoms with van der Waals surface area (Å²) in [4.78, 5) is 0. The van der Waals surface area contributed by atoms with Crippen molar-refractivity contribution in [1.29, 1.82) is 0 Å². The van der Waals surface area contributed by atoms with Crippen LogP contribution < -0.4 is 0 Å². The van der Waals surface area contributed by atoms with Crippen molar-refractivity contribution in [1.82, 2.24) is 0 Å². The molecule has 0 aliphatic carbocycles. The fourth-order valence-corrected chi connectivity index (χ4v) is 15.1. The molecule has 0 fully saturated rings. The van der Waals surface area contributed by atoms with E-state index in [1.54, 1.807) is 0 Å². The Labute approximate surface area is 122 Å². The zero-order chi connectivity index (χ0) is 15.2. The molecule has 0 amide bonds. The largest absolute Gasteiger partial charge is 0.435 e. The minimum atomic E-state index is -2.16. The molecule has 0 atom stereocenters. The van der Waals surface area contributed by atoms with Crippen LogP contribution in [-0.4, -0.2) is 25.2 Å². The van der Waals surface area contributed by atoms with Crippen molar-refractivity contribution >= 4 is 25.2 Å². The van der Waals surface area contributed by atoms with Crippen LogP contribution in [0.4, 0.5) is 0 Å². The summed E-state index contributed by atoms with van der Waals surface area (Å²) in [6.45, 7) is 13.0. The first kappa shape index (κ1) is 18.7. The van der Waals surface area contributed by atoms with Crippen LogP contribution in [0.1, 0.15) is 13.8 Å². The minimum Gasteiger partial charge on any atom is -0.435 e. The van der Waals surface area contributed by atoms with E-state index < -0.39 is 25.2 Å². The molecule has 0 N–H and O–H groups in total. The summed E-state index contributed by atoms with van der Waals surface area (Å²) in [5, 5.41) is 0. The lowest BCUT2D eigenvalue weighted by Gasteiger charge is -2.41. The van der Waals surface area contributed by atoms with Crippen molar-refractivity contribution in [2.24, 2.45) is 0 Å². The van der Waals surface area contributed by atoms with Gasteiger partial charge < -0.3 is 8.23 Å². The van der Waals surface area contributed by atoms with Gasteiger partial charge in [-0.2, -0.15) is 0 Å². The van der Waals surface area contributed by atoms with Crippen molar-refractivity contribution in [3.05, 3.63) is 0 Å². The predicted molar refractivity (Wildman–Crippen MR) is 91.1 cm³/mol. The highest BCUT2D eigenvalue weighted by molar-refractivity contribution is 6.89. The number of hydrogen-bond donors (Lipinski definition) is 0. The van der Waals surface area contributed by atoms with Gasteiger partial charge in [0.15, 0.2) is 16.6 Å². The zero-order valence-corrected chi connectivity index (χ0v) is 16.3. The van der Waals surface area contributed by atoms with Crippen LogP contribution in [0.25, 0.3) is 0 Å². The summed E-state index contributed by atoms with van der Waals surface area (Å²) in [6, 6.07) is 3.40. The highest BCUT2D eigenvalue weighted by Gasteiger charge is 2.43. The van der Waals surface area contributed by atoms with Crippen molar-refractivity contribution in [2.75, 3.05) is 0 Å². The summed E-state index contributed by atoms with van der Waals surface area (Å²) in [7, 11) is -5.82. The fourth-order valence-electron chi connectivity index (χ4n) is 2.13. The molecule has 0 spiro atoms. The van der Waals surface area contributed by atoms with Gasteiger partial charge in [-0.1, -0.05) is 13.8 Å². The van der Waals surface area contributed by atoms with Crippen molar-refractivity contribution in [3.63, 3.8) is 0 Å². The first-order valence-corrected chi connectivity index (χ1v) is 15.4. The molecule has 0 aliphatic rings. The second-order valence-corrected chi connectivity index (χ2v) is 18.7. The summed E-state index contributed by atoms with van der Waals surface area (Å²) >= 11 is 0. The molecule has 0 aromatic rings. The smallest absolute Gasteiger partial charge is 0.317 e. The maximum Gasteiger partial charge on any atom is 0.317 e. The number of hydrogen-bond acceptors (Lipinski definition) is 2. The van der Waals surface area contributed by atoms with E-state index >= 15 is 0 Å². The first-order valence-electron chi connectivity index (χ1n) is 6.93. The lowest BCUT2D eigenvalue weighted by molar-refractivity contribution is 0.374. The molecule has 0 saturated carbocycles. The quantitative estimate of drug-likeness (QED) is 0.494. The van der Waals surface area contributed by atoms with Crippen LogP contribution in [0.15, 0.2) is 0 Å². The monoisotopic (exact) mass is 312 g/mol. The highest BCUT2D eigenvalue weighted by Crippen LogP contribution is 2.29. The molecule has 0 unspecified atom stereocenters. The van der Waals surface area contributed by atoms with Gasteiger partial charge in [0, 0.05) is 12.1 Å². The van der Waals surface area contributed by atoms with Gasteiger partial charge in [0.1, 0.15) is 0 Å². The van der Waals surface area contributed by atoms with E-state index in [9.17, 15) is 0 Å². The average molecular weight is 313 g/mol. The maximum absolute atomic E-state index is 6.53. The Morgan fingerprint density at radius 1 is 0.789 bits per heavy atom. The maximum atomic E-state index is 6.53. The molecule has 0 bridgehead atoms. The van der Waals surface area contributed by atoms with Gasteiger partial charge in [0.25, 0.3) is 0 Å². The molecular formula is C14H28O2Si3. The molecule has 19 heavy (non-hydrogen) atoms. The third-order valence-corrected chi connectivity index (χ3v) is 14.7. The molecular weight excluding hydrogens is 284 g/mol. The van der Waals surface area contributed by atoms with Gasteiger partial charge in [-0.25, -0.2) is 0 Å². The van der Waals surface area contributed by atoms with E-state index in [0.29, 0.717) is 0 Å². The fraction of sp³-hybridized carbons (Fsp3) is 0.714. The SMILES string of the molecule is C#CC[Si](C)(C)O[Si](CC)(CC)O[Si](C)(C)CC#C. The predicted octanol–water partition coefficient (Wildman–Crippen LogP) is 4.18. The summed E-state index contributed by atoms with van der Waals surface area (Å²) in [5.41, 5.74) is 0. The van der Waals surface area contributed by atoms with E-state index in [0.717, 1.165) is 24.2 Å². The van der Waals surface area contributed by atoms with E-state index in [-0.39, 0.29) is 0 Å². The third-order valence-electron chi connectivity index (χ3n) is 3.06. The molecule has 0 aliphatic heterocycles. The van der Waals surface area contributed by atoms with Gasteiger partial charge in [-0.05, 0) is 38.3 Å². The number of rotatable bonds is 8. The lowest BCUT2D eigenvalue weighted by Crippen LogP contribution is -2.55. The zero-order valence-electron chi connectivity index (χ0n) is 13.3. The third kappa shape index (κ3) is 6.60. The topological polar surface area (TPSA) is 18.5 Å². The molecule has 108 valence electrons. The van der Waals surface area contributed by atoms with Crippen LogP contribution in [-0.2, 0) is 8.23 Å². The Morgan fingerprint density at radius 2 is 1.11 bits per heavy atom.